The molecule has 2 rings (SSSR count). The molecule has 0 heterocycles. The highest BCUT2D eigenvalue weighted by atomic mass is 127. The zero-order valence-corrected chi connectivity index (χ0v) is 21.0. The summed E-state index contributed by atoms with van der Waals surface area (Å²) in [5.74, 6) is 0. The molecule has 0 unspecified atom stereocenters. The van der Waals surface area contributed by atoms with Crippen molar-refractivity contribution in [1.82, 2.24) is 0 Å². The summed E-state index contributed by atoms with van der Waals surface area (Å²) >= 11 is 0.113. The number of carbonyl (C=O) groups excluding carboxylic acids is 2. The van der Waals surface area contributed by atoms with Crippen molar-refractivity contribution in [3.8, 4) is 0 Å². The van der Waals surface area contributed by atoms with Crippen molar-refractivity contribution in [2.75, 3.05) is 0 Å². The van der Waals surface area contributed by atoms with Crippen LogP contribution in [-0.4, -0.2) is 43.6 Å². The Bertz CT molecular complexity index is 486. The molecule has 0 saturated heterocycles. The van der Waals surface area contributed by atoms with Crippen molar-refractivity contribution in [2.24, 2.45) is 0 Å². The van der Waals surface area contributed by atoms with E-state index in [4.69, 9.17) is 18.9 Å². The van der Waals surface area contributed by atoms with E-state index in [9.17, 15) is 9.59 Å². The highest BCUT2D eigenvalue weighted by Crippen LogP contribution is 2.23. The van der Waals surface area contributed by atoms with Crippen LogP contribution in [0.2, 0.25) is 0 Å². The molecule has 2 aliphatic carbocycles. The summed E-state index contributed by atoms with van der Waals surface area (Å²) in [6.45, 7) is 11.1. The van der Waals surface area contributed by atoms with Crippen molar-refractivity contribution >= 4 is 12.3 Å². The van der Waals surface area contributed by atoms with E-state index in [1.165, 1.54) is 0 Å². The third-order valence-corrected chi connectivity index (χ3v) is 9.39. The van der Waals surface area contributed by atoms with Crippen LogP contribution < -0.4 is 21.2 Å². The fourth-order valence-corrected chi connectivity index (χ4v) is 7.92. The van der Waals surface area contributed by atoms with Crippen LogP contribution in [0.3, 0.4) is 0 Å². The topological polar surface area (TPSA) is 71.1 Å². The van der Waals surface area contributed by atoms with Crippen molar-refractivity contribution in [3.05, 3.63) is 0 Å². The van der Waals surface area contributed by atoms with Crippen molar-refractivity contribution in [3.63, 3.8) is 0 Å². The fraction of sp³-hybridized carbons (Fsp3) is 0.909. The summed E-state index contributed by atoms with van der Waals surface area (Å²) < 4.78 is 23.1. The van der Waals surface area contributed by atoms with Gasteiger partial charge < -0.3 is 18.9 Å². The van der Waals surface area contributed by atoms with Crippen LogP contribution in [-0.2, 0) is 18.9 Å². The molecule has 0 aliphatic heterocycles. The summed E-state index contributed by atoms with van der Waals surface area (Å²) in [6, 6.07) is 0. The first-order chi connectivity index (χ1) is 13.4. The molecule has 0 amide bonds. The van der Waals surface area contributed by atoms with Gasteiger partial charge in [0.25, 0.3) is 21.2 Å². The first-order valence-electron chi connectivity index (χ1n) is 10.8. The Morgan fingerprint density at radius 1 is 0.621 bits per heavy atom. The van der Waals surface area contributed by atoms with Crippen LogP contribution in [0.25, 0.3) is 0 Å². The Labute approximate surface area is 186 Å². The molecule has 29 heavy (non-hydrogen) atoms. The molecule has 2 fully saturated rings. The van der Waals surface area contributed by atoms with E-state index in [1.54, 1.807) is 0 Å². The molecule has 6 nitrogen and oxygen atoms in total. The average Bonchev–Trinajstić information content (AvgIpc) is 2.55. The lowest BCUT2D eigenvalue weighted by Crippen LogP contribution is -3.68. The van der Waals surface area contributed by atoms with Gasteiger partial charge in [0.15, 0.2) is 7.85 Å². The second kappa shape index (κ2) is 10.5. The molecular formula is C22H38IO6+. The summed E-state index contributed by atoms with van der Waals surface area (Å²) in [7, 11) is 0. The minimum Gasteiger partial charge on any atom is -0.431 e. The molecule has 2 saturated carbocycles. The van der Waals surface area contributed by atoms with Gasteiger partial charge in [-0.2, -0.15) is 0 Å². The van der Waals surface area contributed by atoms with E-state index in [1.807, 2.05) is 41.5 Å². The SMILES string of the molecule is CC(C)(C)OC(=O)OC1CCC([I+]C2CCC(OC(=O)OC(C)(C)C)CC2)CC1. The summed E-state index contributed by atoms with van der Waals surface area (Å²) in [5.41, 5.74) is -1.02. The minimum atomic E-state index is -0.543. The van der Waals surface area contributed by atoms with Crippen LogP contribution >= 0.6 is 0 Å². The van der Waals surface area contributed by atoms with Gasteiger partial charge in [-0.3, -0.25) is 0 Å². The molecule has 0 bridgehead atoms. The number of carbonyl (C=O) groups is 2. The lowest BCUT2D eigenvalue weighted by atomic mass is 9.98. The second-order valence-electron chi connectivity index (χ2n) is 10.0. The molecule has 0 radical (unpaired) electrons. The number of hydrogen-bond acceptors (Lipinski definition) is 6. The number of hydrogen-bond donors (Lipinski definition) is 0. The standard InChI is InChI=1S/C22H38IO6/c1-21(2,3)28-19(24)26-17-11-7-15(8-12-17)23-16-9-13-18(14-10-16)27-20(25)29-22(4,5)6/h15-18H,7-14H2,1-6H3/q+1. The lowest BCUT2D eigenvalue weighted by molar-refractivity contribution is -0.726. The first kappa shape index (κ1) is 24.5. The van der Waals surface area contributed by atoms with Crippen LogP contribution in [0.5, 0.6) is 0 Å². The van der Waals surface area contributed by atoms with E-state index < -0.39 is 23.5 Å². The van der Waals surface area contributed by atoms with Gasteiger partial charge in [-0.05, 0) is 92.9 Å². The maximum atomic E-state index is 11.8. The smallest absolute Gasteiger partial charge is 0.431 e. The van der Waals surface area contributed by atoms with Crippen LogP contribution in [0.4, 0.5) is 9.59 Å². The second-order valence-corrected chi connectivity index (χ2v) is 14.3. The first-order valence-corrected chi connectivity index (χ1v) is 13.3. The Balaban J connectivity index is 1.62. The largest absolute Gasteiger partial charge is 0.509 e. The van der Waals surface area contributed by atoms with E-state index >= 15 is 0 Å². The van der Waals surface area contributed by atoms with Gasteiger partial charge in [-0.15, -0.1) is 0 Å². The number of ether oxygens (including phenoxy) is 4. The molecular weight excluding hydrogens is 487 g/mol. The predicted octanol–water partition coefficient (Wildman–Crippen LogP) is 2.60. The van der Waals surface area contributed by atoms with Gasteiger partial charge >= 0.3 is 12.3 Å². The van der Waals surface area contributed by atoms with Gasteiger partial charge in [0.05, 0.1) is 0 Å². The molecule has 0 aromatic heterocycles. The highest BCUT2D eigenvalue weighted by Gasteiger charge is 2.39. The Morgan fingerprint density at radius 3 is 1.21 bits per heavy atom. The van der Waals surface area contributed by atoms with Gasteiger partial charge in [0.2, 0.25) is 0 Å². The zero-order valence-electron chi connectivity index (χ0n) is 18.8. The number of alkyl halides is 2. The van der Waals surface area contributed by atoms with Crippen molar-refractivity contribution in [1.29, 1.82) is 0 Å². The van der Waals surface area contributed by atoms with Crippen LogP contribution in [0.1, 0.15) is 92.9 Å². The maximum Gasteiger partial charge on any atom is 0.509 e. The molecule has 7 heteroatoms. The average molecular weight is 525 g/mol. The van der Waals surface area contributed by atoms with Gasteiger partial charge in [-0.25, -0.2) is 9.59 Å². The van der Waals surface area contributed by atoms with Crippen molar-refractivity contribution < 1.29 is 49.7 Å². The lowest BCUT2D eigenvalue weighted by Gasteiger charge is -2.28. The normalized spacial score (nSPS) is 28.3. The van der Waals surface area contributed by atoms with E-state index in [2.05, 4.69) is 0 Å². The Morgan fingerprint density at radius 2 is 0.931 bits per heavy atom. The van der Waals surface area contributed by atoms with Crippen molar-refractivity contribution in [2.45, 2.75) is 124 Å². The third kappa shape index (κ3) is 10.2. The highest BCUT2D eigenvalue weighted by molar-refractivity contribution is 5.61. The molecule has 2 aliphatic rings. The molecule has 168 valence electrons. The molecule has 0 N–H and O–H groups in total. The summed E-state index contributed by atoms with van der Waals surface area (Å²) in [4.78, 5) is 23.7. The molecule has 0 atom stereocenters. The molecule has 0 aromatic rings. The Hall–Kier alpha value is -0.730. The summed E-state index contributed by atoms with van der Waals surface area (Å²) in [5, 5.41) is 0. The van der Waals surface area contributed by atoms with E-state index in [-0.39, 0.29) is 33.4 Å². The number of rotatable bonds is 4. The van der Waals surface area contributed by atoms with Gasteiger partial charge in [-0.1, -0.05) is 0 Å². The van der Waals surface area contributed by atoms with Gasteiger partial charge in [0, 0.05) is 0 Å². The van der Waals surface area contributed by atoms with E-state index in [0.29, 0.717) is 0 Å². The third-order valence-electron chi connectivity index (χ3n) is 4.87. The molecule has 0 aromatic carbocycles. The molecule has 0 spiro atoms. The fourth-order valence-electron chi connectivity index (χ4n) is 3.60. The maximum absolute atomic E-state index is 11.8. The zero-order chi connectivity index (χ0) is 21.7. The monoisotopic (exact) mass is 525 g/mol. The Kier molecular flexibility index (Phi) is 8.91. The van der Waals surface area contributed by atoms with E-state index in [0.717, 1.165) is 59.2 Å². The van der Waals surface area contributed by atoms with Crippen LogP contribution in [0.15, 0.2) is 0 Å². The quantitative estimate of drug-likeness (QED) is 0.320. The predicted molar refractivity (Wildman–Crippen MR) is 107 cm³/mol. The van der Waals surface area contributed by atoms with Crippen LogP contribution in [0, 0.1) is 0 Å². The van der Waals surface area contributed by atoms with Gasteiger partial charge in [0.1, 0.15) is 23.4 Å². The summed E-state index contributed by atoms with van der Waals surface area (Å²) in [6.07, 6.45) is 7.29. The minimum absolute atomic E-state index is 0.00285. The number of halogens is 1.